The number of rotatable bonds is 3. The zero-order chi connectivity index (χ0) is 14.0. The molecule has 1 aliphatic heterocycles. The van der Waals surface area contributed by atoms with Crippen LogP contribution in [0.15, 0.2) is 23.9 Å². The van der Waals surface area contributed by atoms with E-state index in [0.717, 1.165) is 32.2 Å². The van der Waals surface area contributed by atoms with Crippen LogP contribution in [-0.4, -0.2) is 47.7 Å². The second-order valence-corrected chi connectivity index (χ2v) is 6.06. The van der Waals surface area contributed by atoms with E-state index in [-0.39, 0.29) is 5.41 Å². The summed E-state index contributed by atoms with van der Waals surface area (Å²) in [6, 6.07) is 0. The Bertz CT molecular complexity index is 416. The molecule has 1 aliphatic carbocycles. The topological polar surface area (TPSA) is 43.8 Å². The Hall–Kier alpha value is -1.45. The minimum atomic E-state index is -0.773. The highest BCUT2D eigenvalue weighted by molar-refractivity contribution is 5.65. The van der Waals surface area contributed by atoms with Crippen LogP contribution in [-0.2, 0) is 0 Å². The van der Waals surface area contributed by atoms with E-state index in [1.807, 2.05) is 6.08 Å². The summed E-state index contributed by atoms with van der Waals surface area (Å²) in [5.74, 6) is 0. The molecule has 2 rings (SSSR count). The lowest BCUT2D eigenvalue weighted by atomic mass is 9.77. The van der Waals surface area contributed by atoms with Crippen molar-refractivity contribution < 1.29 is 9.90 Å². The monoisotopic (exact) mass is 264 g/mol. The number of carbonyl (C=O) groups is 1. The van der Waals surface area contributed by atoms with E-state index in [9.17, 15) is 9.90 Å². The van der Waals surface area contributed by atoms with Gasteiger partial charge in [-0.15, -0.1) is 6.58 Å². The number of hydrogen-bond donors (Lipinski definition) is 1. The van der Waals surface area contributed by atoms with E-state index in [4.69, 9.17) is 0 Å². The number of allylic oxidation sites excluding steroid dienone is 2. The highest BCUT2D eigenvalue weighted by Gasteiger charge is 2.42. The van der Waals surface area contributed by atoms with Gasteiger partial charge in [0, 0.05) is 32.4 Å². The van der Waals surface area contributed by atoms with E-state index in [1.165, 1.54) is 11.3 Å². The molecule has 1 saturated heterocycles. The van der Waals surface area contributed by atoms with Crippen molar-refractivity contribution in [1.82, 2.24) is 9.80 Å². The predicted octanol–water partition coefficient (Wildman–Crippen LogP) is 2.93. The number of likely N-dealkylation sites (tertiary alicyclic amines) is 1. The molecular formula is C15H24N2O2. The highest BCUT2D eigenvalue weighted by atomic mass is 16.4. The largest absolute Gasteiger partial charge is 0.465 e. The molecule has 0 bridgehead atoms. The number of hydrogen-bond acceptors (Lipinski definition) is 2. The summed E-state index contributed by atoms with van der Waals surface area (Å²) in [6.45, 7) is 8.20. The summed E-state index contributed by atoms with van der Waals surface area (Å²) < 4.78 is 0. The van der Waals surface area contributed by atoms with Gasteiger partial charge in [-0.25, -0.2) is 4.79 Å². The number of piperidine rings is 1. The Labute approximate surface area is 115 Å². The van der Waals surface area contributed by atoms with Gasteiger partial charge in [-0.05, 0) is 38.0 Å². The molecule has 19 heavy (non-hydrogen) atoms. The third-order valence-electron chi connectivity index (χ3n) is 4.47. The number of carboxylic acid groups (broad SMARTS) is 1. The molecule has 0 radical (unpaired) electrons. The van der Waals surface area contributed by atoms with Crippen LogP contribution in [0.25, 0.3) is 0 Å². The molecule has 1 atom stereocenters. The summed E-state index contributed by atoms with van der Waals surface area (Å²) in [5.41, 5.74) is 2.94. The maximum absolute atomic E-state index is 11.2. The molecule has 4 heteroatoms. The second kappa shape index (κ2) is 5.27. The summed E-state index contributed by atoms with van der Waals surface area (Å²) in [4.78, 5) is 15.0. The molecule has 0 aromatic heterocycles. The average Bonchev–Trinajstić information content (AvgIpc) is 2.66. The van der Waals surface area contributed by atoms with E-state index in [0.29, 0.717) is 13.1 Å². The van der Waals surface area contributed by atoms with Gasteiger partial charge in [0.1, 0.15) is 0 Å². The van der Waals surface area contributed by atoms with E-state index in [1.54, 1.807) is 4.90 Å². The average molecular weight is 264 g/mol. The molecule has 0 saturated carbocycles. The van der Waals surface area contributed by atoms with Gasteiger partial charge in [-0.2, -0.15) is 0 Å². The lowest BCUT2D eigenvalue weighted by Crippen LogP contribution is -2.45. The molecule has 0 aromatic rings. The van der Waals surface area contributed by atoms with Crippen molar-refractivity contribution in [2.24, 2.45) is 5.41 Å². The maximum atomic E-state index is 11.2. The van der Waals surface area contributed by atoms with Crippen molar-refractivity contribution >= 4 is 6.09 Å². The van der Waals surface area contributed by atoms with Crippen molar-refractivity contribution in [3.8, 4) is 0 Å². The van der Waals surface area contributed by atoms with Crippen LogP contribution < -0.4 is 0 Å². The smallest absolute Gasteiger partial charge is 0.407 e. The zero-order valence-electron chi connectivity index (χ0n) is 12.0. The Balaban J connectivity index is 2.09. The molecule has 1 spiro atoms. The van der Waals surface area contributed by atoms with Crippen LogP contribution in [0.3, 0.4) is 0 Å². The molecule has 4 nitrogen and oxygen atoms in total. The maximum Gasteiger partial charge on any atom is 0.407 e. The minimum Gasteiger partial charge on any atom is -0.465 e. The van der Waals surface area contributed by atoms with E-state index >= 15 is 0 Å². The van der Waals surface area contributed by atoms with Crippen LogP contribution in [0.1, 0.15) is 32.6 Å². The van der Waals surface area contributed by atoms with Gasteiger partial charge in [0.15, 0.2) is 0 Å². The fourth-order valence-electron chi connectivity index (χ4n) is 3.66. The first-order valence-corrected chi connectivity index (χ1v) is 6.96. The van der Waals surface area contributed by atoms with Gasteiger partial charge < -0.3 is 14.9 Å². The number of amides is 1. The van der Waals surface area contributed by atoms with Crippen molar-refractivity contribution in [1.29, 1.82) is 0 Å². The second-order valence-electron chi connectivity index (χ2n) is 6.06. The van der Waals surface area contributed by atoms with Gasteiger partial charge in [-0.1, -0.05) is 11.6 Å². The Morgan fingerprint density at radius 2 is 2.32 bits per heavy atom. The van der Waals surface area contributed by atoms with Gasteiger partial charge in [0.2, 0.25) is 0 Å². The predicted molar refractivity (Wildman–Crippen MR) is 76.0 cm³/mol. The summed E-state index contributed by atoms with van der Waals surface area (Å²) >= 11 is 0. The minimum absolute atomic E-state index is 0.144. The van der Waals surface area contributed by atoms with Crippen LogP contribution in [0.4, 0.5) is 4.79 Å². The quantitative estimate of drug-likeness (QED) is 0.797. The van der Waals surface area contributed by atoms with Gasteiger partial charge in [0.05, 0.1) is 0 Å². The molecule has 1 unspecified atom stereocenters. The lowest BCUT2D eigenvalue weighted by Gasteiger charge is -2.40. The fraction of sp³-hybridized carbons (Fsp3) is 0.667. The van der Waals surface area contributed by atoms with E-state index < -0.39 is 6.09 Å². The molecule has 0 aromatic carbocycles. The normalized spacial score (nSPS) is 26.9. The van der Waals surface area contributed by atoms with Gasteiger partial charge in [0.25, 0.3) is 0 Å². The fourth-order valence-corrected chi connectivity index (χ4v) is 3.66. The molecular weight excluding hydrogens is 240 g/mol. The molecule has 1 N–H and O–H groups in total. The Morgan fingerprint density at radius 3 is 2.95 bits per heavy atom. The van der Waals surface area contributed by atoms with Gasteiger partial charge >= 0.3 is 6.09 Å². The Kier molecular flexibility index (Phi) is 3.88. The van der Waals surface area contributed by atoms with E-state index in [2.05, 4.69) is 25.5 Å². The standard InChI is InChI=1S/C15H24N2O2/c1-4-7-16(3)13-10-15(9-12(13)2)6-5-8-17(11-15)14(18)19/h4H,1,5-11H2,2-3H3,(H,18,19). The molecule has 1 amide bonds. The number of likely N-dealkylation sites (N-methyl/N-ethyl adjacent to an activating group) is 1. The molecule has 106 valence electrons. The first kappa shape index (κ1) is 14.0. The summed E-state index contributed by atoms with van der Waals surface area (Å²) in [6.07, 6.45) is 5.30. The van der Waals surface area contributed by atoms with Crippen molar-refractivity contribution in [3.05, 3.63) is 23.9 Å². The SMILES string of the molecule is C=CCN(C)C1=C(C)CC2(CCCN(C(=O)O)C2)C1. The first-order chi connectivity index (χ1) is 8.97. The van der Waals surface area contributed by atoms with Crippen LogP contribution in [0.5, 0.6) is 0 Å². The summed E-state index contributed by atoms with van der Waals surface area (Å²) in [5, 5.41) is 9.20. The third-order valence-corrected chi connectivity index (χ3v) is 4.47. The summed E-state index contributed by atoms with van der Waals surface area (Å²) in [7, 11) is 2.09. The van der Waals surface area contributed by atoms with Crippen LogP contribution in [0, 0.1) is 5.41 Å². The number of nitrogens with zero attached hydrogens (tertiary/aromatic N) is 2. The van der Waals surface area contributed by atoms with Gasteiger partial charge in [-0.3, -0.25) is 0 Å². The van der Waals surface area contributed by atoms with Crippen molar-refractivity contribution in [2.75, 3.05) is 26.7 Å². The van der Waals surface area contributed by atoms with Crippen molar-refractivity contribution in [3.63, 3.8) is 0 Å². The Morgan fingerprint density at radius 1 is 1.58 bits per heavy atom. The zero-order valence-corrected chi connectivity index (χ0v) is 12.0. The molecule has 2 aliphatic rings. The molecule has 1 fully saturated rings. The molecule has 1 heterocycles. The first-order valence-electron chi connectivity index (χ1n) is 6.96. The third kappa shape index (κ3) is 2.77. The van der Waals surface area contributed by atoms with Crippen LogP contribution >= 0.6 is 0 Å². The highest BCUT2D eigenvalue weighted by Crippen LogP contribution is 2.48. The van der Waals surface area contributed by atoms with Crippen LogP contribution in [0.2, 0.25) is 0 Å². The van der Waals surface area contributed by atoms with Crippen molar-refractivity contribution in [2.45, 2.75) is 32.6 Å². The lowest BCUT2D eigenvalue weighted by molar-refractivity contribution is 0.0802.